The Kier molecular flexibility index (Phi) is 3.69. The summed E-state index contributed by atoms with van der Waals surface area (Å²) in [6.45, 7) is 0.338. The van der Waals surface area contributed by atoms with E-state index in [9.17, 15) is 0 Å². The predicted molar refractivity (Wildman–Crippen MR) is 67.2 cm³/mol. The van der Waals surface area contributed by atoms with Crippen LogP contribution in [0.2, 0.25) is 0 Å². The maximum absolute atomic E-state index is 5.46. The molecule has 0 aliphatic heterocycles. The lowest BCUT2D eigenvalue weighted by Crippen LogP contribution is -1.98. The number of anilines is 2. The number of hydrogen-bond acceptors (Lipinski definition) is 6. The van der Waals surface area contributed by atoms with Crippen LogP contribution in [0.15, 0.2) is 28.9 Å². The van der Waals surface area contributed by atoms with Gasteiger partial charge in [-0.1, -0.05) is 0 Å². The molecule has 0 saturated heterocycles. The first-order valence-electron chi connectivity index (χ1n) is 5.40. The Morgan fingerprint density at radius 2 is 2.17 bits per heavy atom. The molecule has 6 heteroatoms. The Hall–Kier alpha value is -2.21. The third kappa shape index (κ3) is 2.54. The zero-order valence-electron chi connectivity index (χ0n) is 10.3. The van der Waals surface area contributed by atoms with Crippen molar-refractivity contribution >= 4 is 11.7 Å². The summed E-state index contributed by atoms with van der Waals surface area (Å²) >= 11 is 0. The number of nitrogens with zero attached hydrogens (tertiary/aromatic N) is 1. The first-order valence-corrected chi connectivity index (χ1v) is 5.40. The number of nitrogens with one attached hydrogen (secondary N) is 1. The van der Waals surface area contributed by atoms with Crippen LogP contribution in [-0.2, 0) is 6.54 Å². The summed E-state index contributed by atoms with van der Waals surface area (Å²) < 4.78 is 15.6. The van der Waals surface area contributed by atoms with Gasteiger partial charge < -0.3 is 24.9 Å². The first-order chi connectivity index (χ1) is 8.76. The molecule has 0 atom stereocenters. The van der Waals surface area contributed by atoms with Gasteiger partial charge in [-0.15, -0.1) is 0 Å². The molecule has 0 saturated carbocycles. The fraction of sp³-hybridized carbons (Fsp3) is 0.250. The molecule has 0 spiro atoms. The van der Waals surface area contributed by atoms with Crippen LogP contribution in [0.4, 0.5) is 11.7 Å². The first kappa shape index (κ1) is 12.3. The number of oxazole rings is 1. The molecule has 96 valence electrons. The molecular formula is C12H15N3O3. The quantitative estimate of drug-likeness (QED) is 0.842. The van der Waals surface area contributed by atoms with Crippen LogP contribution in [-0.4, -0.2) is 19.2 Å². The molecule has 18 heavy (non-hydrogen) atoms. The van der Waals surface area contributed by atoms with E-state index < -0.39 is 0 Å². The highest BCUT2D eigenvalue weighted by Gasteiger charge is 2.08. The van der Waals surface area contributed by atoms with Crippen LogP contribution in [0, 0.1) is 0 Å². The zero-order valence-corrected chi connectivity index (χ0v) is 10.3. The lowest BCUT2D eigenvalue weighted by Gasteiger charge is -2.09. The summed E-state index contributed by atoms with van der Waals surface area (Å²) in [7, 11) is 3.18. The van der Waals surface area contributed by atoms with Crippen molar-refractivity contribution in [2.75, 3.05) is 19.5 Å². The number of methoxy groups -OCH3 is 2. The van der Waals surface area contributed by atoms with Gasteiger partial charge in [-0.3, -0.25) is 0 Å². The van der Waals surface area contributed by atoms with Crippen molar-refractivity contribution in [1.29, 1.82) is 0 Å². The van der Waals surface area contributed by atoms with Gasteiger partial charge in [0.1, 0.15) is 17.8 Å². The average Bonchev–Trinajstić information content (AvgIpc) is 2.87. The number of nitrogens with two attached hydrogens (primary N) is 1. The maximum Gasteiger partial charge on any atom is 0.299 e. The van der Waals surface area contributed by atoms with Gasteiger partial charge in [0.05, 0.1) is 25.6 Å². The largest absolute Gasteiger partial charge is 0.497 e. The summed E-state index contributed by atoms with van der Waals surface area (Å²) in [5.41, 5.74) is 6.88. The molecule has 0 bridgehead atoms. The minimum Gasteiger partial charge on any atom is -0.497 e. The van der Waals surface area contributed by atoms with E-state index in [4.69, 9.17) is 19.6 Å². The number of benzene rings is 1. The van der Waals surface area contributed by atoms with Gasteiger partial charge in [-0.2, -0.15) is 4.98 Å². The van der Waals surface area contributed by atoms with E-state index in [1.807, 2.05) is 12.1 Å². The number of rotatable bonds is 5. The number of ether oxygens (including phenoxy) is 2. The predicted octanol–water partition coefficient (Wildman–Crippen LogP) is 1.89. The fourth-order valence-corrected chi connectivity index (χ4v) is 1.48. The Morgan fingerprint density at radius 3 is 2.78 bits per heavy atom. The van der Waals surface area contributed by atoms with Gasteiger partial charge >= 0.3 is 0 Å². The Morgan fingerprint density at radius 1 is 1.33 bits per heavy atom. The third-order valence-corrected chi connectivity index (χ3v) is 2.41. The molecule has 2 aromatic rings. The summed E-state index contributed by atoms with van der Waals surface area (Å²) in [6.07, 6.45) is 1.51. The van der Waals surface area contributed by atoms with Gasteiger partial charge in [0, 0.05) is 12.6 Å². The highest BCUT2D eigenvalue weighted by atomic mass is 16.5. The van der Waals surface area contributed by atoms with Crippen LogP contribution in [0.5, 0.6) is 11.5 Å². The van der Waals surface area contributed by atoms with Crippen LogP contribution < -0.4 is 20.5 Å². The summed E-state index contributed by atoms with van der Waals surface area (Å²) in [5.74, 6) is 1.36. The highest BCUT2D eigenvalue weighted by molar-refractivity contribution is 5.63. The van der Waals surface area contributed by atoms with Crippen LogP contribution >= 0.6 is 0 Å². The molecule has 6 nitrogen and oxygen atoms in total. The molecule has 0 amide bonds. The van der Waals surface area contributed by atoms with E-state index in [1.165, 1.54) is 6.26 Å². The molecule has 0 fully saturated rings. The summed E-state index contributed by atoms with van der Waals surface area (Å²) in [4.78, 5) is 4.15. The van der Waals surface area contributed by atoms with Crippen molar-refractivity contribution in [3.63, 3.8) is 0 Å². The molecule has 0 aliphatic rings. The number of aromatic nitrogens is 1. The normalized spacial score (nSPS) is 10.2. The van der Waals surface area contributed by atoms with Crippen molar-refractivity contribution in [3.05, 3.63) is 30.2 Å². The van der Waals surface area contributed by atoms with Crippen molar-refractivity contribution in [2.45, 2.75) is 6.54 Å². The lowest BCUT2D eigenvalue weighted by molar-refractivity contribution is 0.395. The van der Waals surface area contributed by atoms with Gasteiger partial charge in [-0.05, 0) is 12.1 Å². The molecule has 0 aliphatic carbocycles. The SMILES string of the molecule is COc1ccc(Nc2nc(CN)co2)c(OC)c1. The van der Waals surface area contributed by atoms with E-state index in [1.54, 1.807) is 20.3 Å². The zero-order chi connectivity index (χ0) is 13.0. The average molecular weight is 249 g/mol. The van der Waals surface area contributed by atoms with Gasteiger partial charge in [0.2, 0.25) is 0 Å². The van der Waals surface area contributed by atoms with Crippen LogP contribution in [0.1, 0.15) is 5.69 Å². The minimum absolute atomic E-state index is 0.338. The molecule has 0 unspecified atom stereocenters. The van der Waals surface area contributed by atoms with Crippen molar-refractivity contribution in [2.24, 2.45) is 5.73 Å². The molecule has 1 heterocycles. The Balaban J connectivity index is 2.22. The Bertz CT molecular complexity index is 525. The van der Waals surface area contributed by atoms with Crippen molar-refractivity contribution < 1.29 is 13.9 Å². The maximum atomic E-state index is 5.46. The second-order valence-corrected chi connectivity index (χ2v) is 3.54. The molecule has 1 aromatic carbocycles. The van der Waals surface area contributed by atoms with Crippen molar-refractivity contribution in [3.8, 4) is 11.5 Å². The molecular weight excluding hydrogens is 234 g/mol. The van der Waals surface area contributed by atoms with E-state index in [0.717, 1.165) is 5.69 Å². The standard InChI is InChI=1S/C12H15N3O3/c1-16-9-3-4-10(11(5-9)17-2)15-12-14-8(6-13)7-18-12/h3-5,7H,6,13H2,1-2H3,(H,14,15). The van der Waals surface area contributed by atoms with Gasteiger partial charge in [0.25, 0.3) is 6.01 Å². The van der Waals surface area contributed by atoms with E-state index >= 15 is 0 Å². The molecule has 2 rings (SSSR count). The van der Waals surface area contributed by atoms with E-state index in [-0.39, 0.29) is 0 Å². The van der Waals surface area contributed by atoms with E-state index in [0.29, 0.717) is 29.8 Å². The molecule has 1 aromatic heterocycles. The molecule has 0 radical (unpaired) electrons. The topological polar surface area (TPSA) is 82.5 Å². The second-order valence-electron chi connectivity index (χ2n) is 3.54. The highest BCUT2D eigenvalue weighted by Crippen LogP contribution is 2.31. The van der Waals surface area contributed by atoms with Gasteiger partial charge in [0.15, 0.2) is 0 Å². The monoisotopic (exact) mass is 249 g/mol. The van der Waals surface area contributed by atoms with Crippen LogP contribution in [0.3, 0.4) is 0 Å². The Labute approximate surface area is 105 Å². The van der Waals surface area contributed by atoms with Crippen LogP contribution in [0.25, 0.3) is 0 Å². The number of hydrogen-bond donors (Lipinski definition) is 2. The van der Waals surface area contributed by atoms with E-state index in [2.05, 4.69) is 10.3 Å². The van der Waals surface area contributed by atoms with Crippen molar-refractivity contribution in [1.82, 2.24) is 4.98 Å². The summed E-state index contributed by atoms with van der Waals surface area (Å²) in [6, 6.07) is 5.79. The fourth-order valence-electron chi connectivity index (χ4n) is 1.48. The van der Waals surface area contributed by atoms with Gasteiger partial charge in [-0.25, -0.2) is 0 Å². The third-order valence-electron chi connectivity index (χ3n) is 2.41. The summed E-state index contributed by atoms with van der Waals surface area (Å²) in [5, 5.41) is 3.02. The minimum atomic E-state index is 0.338. The molecule has 3 N–H and O–H groups in total. The second kappa shape index (κ2) is 5.42. The lowest BCUT2D eigenvalue weighted by atomic mass is 10.2. The smallest absolute Gasteiger partial charge is 0.299 e.